The third-order valence-corrected chi connectivity index (χ3v) is 3.65. The third-order valence-electron chi connectivity index (χ3n) is 3.65. The number of nitrogens with zero attached hydrogens (tertiary/aromatic N) is 2. The molecule has 0 saturated carbocycles. The Morgan fingerprint density at radius 2 is 1.95 bits per heavy atom. The number of carboxylic acid groups (broad SMARTS) is 1. The van der Waals surface area contributed by atoms with Crippen LogP contribution in [-0.2, 0) is 0 Å². The van der Waals surface area contributed by atoms with Gasteiger partial charge in [-0.05, 0) is 24.5 Å². The highest BCUT2D eigenvalue weighted by atomic mass is 16.6. The van der Waals surface area contributed by atoms with E-state index in [0.29, 0.717) is 5.69 Å². The number of benzene rings is 1. The Labute approximate surface area is 118 Å². The minimum Gasteiger partial charge on any atom is -0.477 e. The highest BCUT2D eigenvalue weighted by molar-refractivity contribution is 5.93. The second-order valence-corrected chi connectivity index (χ2v) is 5.92. The summed E-state index contributed by atoms with van der Waals surface area (Å²) in [6, 6.07) is 4.32. The van der Waals surface area contributed by atoms with Crippen LogP contribution in [0.1, 0.15) is 38.1 Å². The summed E-state index contributed by atoms with van der Waals surface area (Å²) in [5, 5.41) is 20.0. The lowest BCUT2D eigenvalue weighted by Gasteiger charge is -2.36. The molecule has 0 heterocycles. The largest absolute Gasteiger partial charge is 0.477 e. The van der Waals surface area contributed by atoms with Gasteiger partial charge in [0.15, 0.2) is 0 Å². The zero-order valence-corrected chi connectivity index (χ0v) is 12.4. The molecular formula is C14H20N2O4. The summed E-state index contributed by atoms with van der Waals surface area (Å²) >= 11 is 0. The van der Waals surface area contributed by atoms with E-state index in [2.05, 4.69) is 20.8 Å². The molecule has 0 aliphatic rings. The van der Waals surface area contributed by atoms with E-state index < -0.39 is 10.9 Å². The molecule has 0 aromatic heterocycles. The molecule has 1 atom stereocenters. The van der Waals surface area contributed by atoms with Gasteiger partial charge in [0.2, 0.25) is 0 Å². The van der Waals surface area contributed by atoms with Gasteiger partial charge >= 0.3 is 5.97 Å². The van der Waals surface area contributed by atoms with Crippen molar-refractivity contribution in [1.82, 2.24) is 0 Å². The van der Waals surface area contributed by atoms with Crippen LogP contribution in [-0.4, -0.2) is 29.1 Å². The standard InChI is InChI=1S/C14H20N2O4/c1-9(14(2,3)4)15(5)10-6-7-11(13(17)18)12(8-10)16(19)20/h6-9H,1-5H3,(H,17,18). The molecule has 0 aliphatic carbocycles. The minimum absolute atomic E-state index is 0.00496. The number of anilines is 1. The Hall–Kier alpha value is -2.11. The predicted octanol–water partition coefficient (Wildman–Crippen LogP) is 3.16. The quantitative estimate of drug-likeness (QED) is 0.676. The molecular weight excluding hydrogens is 260 g/mol. The number of carboxylic acids is 1. The fourth-order valence-corrected chi connectivity index (χ4v) is 1.88. The fourth-order valence-electron chi connectivity index (χ4n) is 1.88. The fraction of sp³-hybridized carbons (Fsp3) is 0.500. The summed E-state index contributed by atoms with van der Waals surface area (Å²) in [6.07, 6.45) is 0. The highest BCUT2D eigenvalue weighted by Gasteiger charge is 2.26. The monoisotopic (exact) mass is 280 g/mol. The second kappa shape index (κ2) is 5.48. The lowest BCUT2D eigenvalue weighted by atomic mass is 9.87. The molecule has 110 valence electrons. The first-order valence-electron chi connectivity index (χ1n) is 6.30. The summed E-state index contributed by atoms with van der Waals surface area (Å²) in [5.74, 6) is -1.30. The van der Waals surface area contributed by atoms with Crippen LogP contribution >= 0.6 is 0 Å². The van der Waals surface area contributed by atoms with E-state index >= 15 is 0 Å². The van der Waals surface area contributed by atoms with Crippen molar-refractivity contribution in [3.8, 4) is 0 Å². The average molecular weight is 280 g/mol. The maximum Gasteiger partial charge on any atom is 0.342 e. The maximum absolute atomic E-state index is 11.0. The highest BCUT2D eigenvalue weighted by Crippen LogP contribution is 2.30. The second-order valence-electron chi connectivity index (χ2n) is 5.92. The van der Waals surface area contributed by atoms with E-state index in [1.54, 1.807) is 6.07 Å². The molecule has 0 aliphatic heterocycles. The van der Waals surface area contributed by atoms with E-state index in [-0.39, 0.29) is 22.7 Å². The molecule has 20 heavy (non-hydrogen) atoms. The predicted molar refractivity (Wildman–Crippen MR) is 77.4 cm³/mol. The van der Waals surface area contributed by atoms with E-state index in [0.717, 1.165) is 0 Å². The Balaban J connectivity index is 3.25. The van der Waals surface area contributed by atoms with Crippen LogP contribution in [0.4, 0.5) is 11.4 Å². The molecule has 1 N–H and O–H groups in total. The van der Waals surface area contributed by atoms with Crippen molar-refractivity contribution in [3.63, 3.8) is 0 Å². The summed E-state index contributed by atoms with van der Waals surface area (Å²) in [6.45, 7) is 8.26. The van der Waals surface area contributed by atoms with Crippen LogP contribution in [0.15, 0.2) is 18.2 Å². The Kier molecular flexibility index (Phi) is 4.37. The van der Waals surface area contributed by atoms with Gasteiger partial charge < -0.3 is 10.0 Å². The molecule has 0 amide bonds. The SMILES string of the molecule is CC(N(C)c1ccc(C(=O)O)c([N+](=O)[O-])c1)C(C)(C)C. The van der Waals surface area contributed by atoms with Crippen LogP contribution in [0.5, 0.6) is 0 Å². The molecule has 1 unspecified atom stereocenters. The van der Waals surface area contributed by atoms with Gasteiger partial charge in [-0.3, -0.25) is 10.1 Å². The molecule has 1 rings (SSSR count). The number of nitro benzene ring substituents is 1. The van der Waals surface area contributed by atoms with Gasteiger partial charge in [0.1, 0.15) is 5.56 Å². The van der Waals surface area contributed by atoms with Crippen molar-refractivity contribution in [1.29, 1.82) is 0 Å². The summed E-state index contributed by atoms with van der Waals surface area (Å²) in [5.41, 5.74) is -0.0581. The number of hydrogen-bond donors (Lipinski definition) is 1. The molecule has 1 aromatic carbocycles. The Morgan fingerprint density at radius 1 is 1.40 bits per heavy atom. The summed E-state index contributed by atoms with van der Waals surface area (Å²) < 4.78 is 0. The summed E-state index contributed by atoms with van der Waals surface area (Å²) in [7, 11) is 1.84. The smallest absolute Gasteiger partial charge is 0.342 e. The van der Waals surface area contributed by atoms with Crippen molar-refractivity contribution >= 4 is 17.3 Å². The zero-order chi connectivity index (χ0) is 15.7. The van der Waals surface area contributed by atoms with E-state index in [4.69, 9.17) is 5.11 Å². The van der Waals surface area contributed by atoms with Crippen molar-refractivity contribution in [2.45, 2.75) is 33.7 Å². The first kappa shape index (κ1) is 15.9. The number of hydrogen-bond acceptors (Lipinski definition) is 4. The molecule has 6 heteroatoms. The van der Waals surface area contributed by atoms with Crippen molar-refractivity contribution in [3.05, 3.63) is 33.9 Å². The molecule has 0 bridgehead atoms. The van der Waals surface area contributed by atoms with Gasteiger partial charge in [0, 0.05) is 24.8 Å². The number of carbonyl (C=O) groups is 1. The number of rotatable bonds is 4. The van der Waals surface area contributed by atoms with Crippen molar-refractivity contribution < 1.29 is 14.8 Å². The minimum atomic E-state index is -1.30. The van der Waals surface area contributed by atoms with Crippen LogP contribution in [0, 0.1) is 15.5 Å². The van der Waals surface area contributed by atoms with Gasteiger partial charge in [-0.2, -0.15) is 0 Å². The topological polar surface area (TPSA) is 83.7 Å². The van der Waals surface area contributed by atoms with Gasteiger partial charge in [-0.1, -0.05) is 20.8 Å². The Bertz CT molecular complexity index is 534. The first-order chi connectivity index (χ1) is 9.05. The van der Waals surface area contributed by atoms with Gasteiger partial charge in [0.05, 0.1) is 4.92 Å². The number of aromatic carboxylic acids is 1. The summed E-state index contributed by atoms with van der Waals surface area (Å²) in [4.78, 5) is 23.2. The molecule has 0 radical (unpaired) electrons. The van der Waals surface area contributed by atoms with E-state index in [1.165, 1.54) is 12.1 Å². The zero-order valence-electron chi connectivity index (χ0n) is 12.4. The molecule has 0 spiro atoms. The Morgan fingerprint density at radius 3 is 2.35 bits per heavy atom. The number of nitro groups is 1. The van der Waals surface area contributed by atoms with Crippen LogP contribution in [0.25, 0.3) is 0 Å². The molecule has 0 fully saturated rings. The van der Waals surface area contributed by atoms with E-state index in [9.17, 15) is 14.9 Å². The lowest BCUT2D eigenvalue weighted by Crippen LogP contribution is -2.39. The first-order valence-corrected chi connectivity index (χ1v) is 6.30. The normalized spacial score (nSPS) is 12.8. The maximum atomic E-state index is 11.0. The molecule has 0 saturated heterocycles. The van der Waals surface area contributed by atoms with Gasteiger partial charge in [0.25, 0.3) is 5.69 Å². The third kappa shape index (κ3) is 3.26. The lowest BCUT2D eigenvalue weighted by molar-refractivity contribution is -0.385. The van der Waals surface area contributed by atoms with Crippen LogP contribution in [0.3, 0.4) is 0 Å². The van der Waals surface area contributed by atoms with Crippen LogP contribution in [0.2, 0.25) is 0 Å². The van der Waals surface area contributed by atoms with Gasteiger partial charge in [-0.25, -0.2) is 4.79 Å². The van der Waals surface area contributed by atoms with E-state index in [1.807, 2.05) is 18.9 Å². The van der Waals surface area contributed by atoms with Crippen LogP contribution < -0.4 is 4.90 Å². The van der Waals surface area contributed by atoms with Crippen molar-refractivity contribution in [2.75, 3.05) is 11.9 Å². The average Bonchev–Trinajstić information content (AvgIpc) is 2.34. The molecule has 1 aromatic rings. The molecule has 6 nitrogen and oxygen atoms in total. The van der Waals surface area contributed by atoms with Crippen molar-refractivity contribution in [2.24, 2.45) is 5.41 Å². The van der Waals surface area contributed by atoms with Gasteiger partial charge in [-0.15, -0.1) is 0 Å².